The van der Waals surface area contributed by atoms with Crippen LogP contribution in [0, 0.1) is 6.92 Å². The quantitative estimate of drug-likeness (QED) is 0.786. The van der Waals surface area contributed by atoms with Gasteiger partial charge in [-0.1, -0.05) is 18.2 Å². The van der Waals surface area contributed by atoms with Crippen molar-refractivity contribution in [2.45, 2.75) is 71.3 Å². The smallest absolute Gasteiger partial charge is 0.399 e. The van der Waals surface area contributed by atoms with Gasteiger partial charge < -0.3 is 14.0 Å². The average Bonchev–Trinajstić information content (AvgIpc) is 2.78. The second-order valence-corrected chi connectivity index (χ2v) is 8.49. The Hall–Kier alpha value is -0.875. The molecule has 0 atom stereocenters. The largest absolute Gasteiger partial charge is 0.494 e. The first-order valence-electron chi connectivity index (χ1n) is 9.42. The zero-order valence-electron chi connectivity index (χ0n) is 16.6. The number of methoxy groups -OCH3 is 1. The molecule has 0 aliphatic carbocycles. The summed E-state index contributed by atoms with van der Waals surface area (Å²) in [6.07, 6.45) is 2.66. The lowest BCUT2D eigenvalue weighted by Gasteiger charge is -2.32. The van der Waals surface area contributed by atoms with Gasteiger partial charge in [-0.15, -0.1) is 0 Å². The third kappa shape index (κ3) is 3.95. The molecule has 2 aliphatic rings. The van der Waals surface area contributed by atoms with E-state index in [-0.39, 0.29) is 18.3 Å². The topological polar surface area (TPSA) is 30.9 Å². The van der Waals surface area contributed by atoms with Crippen molar-refractivity contribution in [2.24, 2.45) is 0 Å². The number of aryl methyl sites for hydroxylation is 1. The van der Waals surface area contributed by atoms with Crippen LogP contribution in [0.4, 0.5) is 0 Å². The van der Waals surface area contributed by atoms with E-state index < -0.39 is 0 Å². The molecule has 0 saturated carbocycles. The highest BCUT2D eigenvalue weighted by Gasteiger charge is 2.51. The lowest BCUT2D eigenvalue weighted by Crippen LogP contribution is -2.41. The van der Waals surface area contributed by atoms with E-state index in [2.05, 4.69) is 57.7 Å². The molecule has 1 aromatic rings. The molecule has 0 unspecified atom stereocenters. The molecular formula is C20H32BNO3. The number of hydrogen-bond donors (Lipinski definition) is 0. The molecule has 1 aromatic carbocycles. The number of rotatable bonds is 4. The van der Waals surface area contributed by atoms with Gasteiger partial charge in [0.05, 0.1) is 17.3 Å². The zero-order valence-corrected chi connectivity index (χ0v) is 16.6. The van der Waals surface area contributed by atoms with Gasteiger partial charge in [0.1, 0.15) is 0 Å². The summed E-state index contributed by atoms with van der Waals surface area (Å²) in [7, 11) is 1.53. The van der Waals surface area contributed by atoms with Gasteiger partial charge >= 0.3 is 7.12 Å². The summed E-state index contributed by atoms with van der Waals surface area (Å²) in [6.45, 7) is 13.8. The minimum Gasteiger partial charge on any atom is -0.399 e. The van der Waals surface area contributed by atoms with E-state index in [4.69, 9.17) is 14.0 Å². The van der Waals surface area contributed by atoms with Gasteiger partial charge in [-0.2, -0.15) is 0 Å². The van der Waals surface area contributed by atoms with Crippen molar-refractivity contribution in [3.8, 4) is 0 Å². The van der Waals surface area contributed by atoms with Crippen LogP contribution in [0.1, 0.15) is 51.7 Å². The van der Waals surface area contributed by atoms with Gasteiger partial charge in [-0.3, -0.25) is 4.90 Å². The van der Waals surface area contributed by atoms with Crippen LogP contribution in [0.25, 0.3) is 0 Å². The van der Waals surface area contributed by atoms with Gasteiger partial charge in [-0.05, 0) is 64.1 Å². The Morgan fingerprint density at radius 3 is 2.28 bits per heavy atom. The summed E-state index contributed by atoms with van der Waals surface area (Å²) in [5.74, 6) is 0. The van der Waals surface area contributed by atoms with Crippen molar-refractivity contribution in [3.05, 3.63) is 29.3 Å². The molecular weight excluding hydrogens is 313 g/mol. The molecule has 0 aromatic heterocycles. The van der Waals surface area contributed by atoms with E-state index in [1.807, 2.05) is 7.11 Å². The molecule has 2 aliphatic heterocycles. The van der Waals surface area contributed by atoms with Crippen molar-refractivity contribution in [1.82, 2.24) is 4.90 Å². The van der Waals surface area contributed by atoms with Crippen LogP contribution in [0.2, 0.25) is 0 Å². The van der Waals surface area contributed by atoms with Gasteiger partial charge in [0.2, 0.25) is 0 Å². The van der Waals surface area contributed by atoms with E-state index in [0.717, 1.165) is 37.9 Å². The zero-order chi connectivity index (χ0) is 18.2. The molecule has 3 rings (SSSR count). The lowest BCUT2D eigenvalue weighted by atomic mass is 9.77. The standard InChI is InChI=1S/C20H32BNO3/c1-15-7-8-17(21-24-19(2,3)20(4,5)25-21)13-16(15)14-22-11-9-18(23-6)10-12-22/h7-8,13,18H,9-12,14H2,1-6H3. The summed E-state index contributed by atoms with van der Waals surface area (Å²) in [5, 5.41) is 0. The van der Waals surface area contributed by atoms with Crippen molar-refractivity contribution < 1.29 is 14.0 Å². The van der Waals surface area contributed by atoms with E-state index in [9.17, 15) is 0 Å². The van der Waals surface area contributed by atoms with Crippen LogP contribution in [0.15, 0.2) is 18.2 Å². The number of likely N-dealkylation sites (tertiary alicyclic amines) is 1. The SMILES string of the molecule is COC1CCN(Cc2cc(B3OC(C)(C)C(C)(C)O3)ccc2C)CC1. The summed E-state index contributed by atoms with van der Waals surface area (Å²) in [6, 6.07) is 6.59. The van der Waals surface area contributed by atoms with Crippen molar-refractivity contribution >= 4 is 12.6 Å². The third-order valence-electron chi connectivity index (χ3n) is 6.16. The van der Waals surface area contributed by atoms with E-state index in [1.165, 1.54) is 11.1 Å². The van der Waals surface area contributed by atoms with Crippen LogP contribution >= 0.6 is 0 Å². The number of benzene rings is 1. The van der Waals surface area contributed by atoms with Gasteiger partial charge in [0.25, 0.3) is 0 Å². The third-order valence-corrected chi connectivity index (χ3v) is 6.16. The molecule has 5 heteroatoms. The Kier molecular flexibility index (Phi) is 5.32. The molecule has 0 spiro atoms. The van der Waals surface area contributed by atoms with Crippen molar-refractivity contribution in [1.29, 1.82) is 0 Å². The fraction of sp³-hybridized carbons (Fsp3) is 0.700. The Morgan fingerprint density at radius 2 is 1.72 bits per heavy atom. The predicted molar refractivity (Wildman–Crippen MR) is 102 cm³/mol. The summed E-state index contributed by atoms with van der Waals surface area (Å²) in [4.78, 5) is 2.52. The maximum Gasteiger partial charge on any atom is 0.494 e. The van der Waals surface area contributed by atoms with E-state index in [1.54, 1.807) is 0 Å². The first-order valence-corrected chi connectivity index (χ1v) is 9.42. The van der Waals surface area contributed by atoms with Crippen LogP contribution in [-0.2, 0) is 20.6 Å². The van der Waals surface area contributed by atoms with Gasteiger partial charge in [0, 0.05) is 26.7 Å². The Labute approximate surface area is 153 Å². The molecule has 0 amide bonds. The van der Waals surface area contributed by atoms with Gasteiger partial charge in [0.15, 0.2) is 0 Å². The minimum absolute atomic E-state index is 0.288. The first-order chi connectivity index (χ1) is 11.7. The van der Waals surface area contributed by atoms with E-state index in [0.29, 0.717) is 6.10 Å². The molecule has 0 bridgehead atoms. The Bertz CT molecular complexity index is 593. The van der Waals surface area contributed by atoms with Crippen LogP contribution in [0.5, 0.6) is 0 Å². The fourth-order valence-electron chi connectivity index (χ4n) is 3.53. The second kappa shape index (κ2) is 7.03. The monoisotopic (exact) mass is 345 g/mol. The number of piperidine rings is 1. The highest BCUT2D eigenvalue weighted by Crippen LogP contribution is 2.36. The molecule has 25 heavy (non-hydrogen) atoms. The second-order valence-electron chi connectivity index (χ2n) is 8.49. The van der Waals surface area contributed by atoms with Crippen LogP contribution < -0.4 is 5.46 Å². The predicted octanol–water partition coefficient (Wildman–Crippen LogP) is 2.91. The number of nitrogens with zero attached hydrogens (tertiary/aromatic N) is 1. The minimum atomic E-state index is -0.301. The summed E-state index contributed by atoms with van der Waals surface area (Å²) in [5.41, 5.74) is 3.21. The van der Waals surface area contributed by atoms with Crippen molar-refractivity contribution in [3.63, 3.8) is 0 Å². The first kappa shape index (κ1) is 18.9. The average molecular weight is 345 g/mol. The molecule has 2 fully saturated rings. The lowest BCUT2D eigenvalue weighted by molar-refractivity contribution is 0.00578. The summed E-state index contributed by atoms with van der Waals surface area (Å²) < 4.78 is 17.9. The highest BCUT2D eigenvalue weighted by atomic mass is 16.7. The number of ether oxygens (including phenoxy) is 1. The molecule has 2 saturated heterocycles. The van der Waals surface area contributed by atoms with Crippen LogP contribution in [-0.4, -0.2) is 49.5 Å². The Balaban J connectivity index is 1.71. The maximum atomic E-state index is 6.21. The maximum absolute atomic E-state index is 6.21. The fourth-order valence-corrected chi connectivity index (χ4v) is 3.53. The molecule has 4 nitrogen and oxygen atoms in total. The molecule has 0 radical (unpaired) electrons. The highest BCUT2D eigenvalue weighted by molar-refractivity contribution is 6.62. The molecule has 138 valence electrons. The van der Waals surface area contributed by atoms with Crippen LogP contribution in [0.3, 0.4) is 0 Å². The molecule has 2 heterocycles. The molecule has 0 N–H and O–H groups in total. The van der Waals surface area contributed by atoms with Gasteiger partial charge in [-0.25, -0.2) is 0 Å². The normalized spacial score (nSPS) is 24.0. The number of hydrogen-bond acceptors (Lipinski definition) is 4. The van der Waals surface area contributed by atoms with Crippen molar-refractivity contribution in [2.75, 3.05) is 20.2 Å². The van der Waals surface area contributed by atoms with E-state index >= 15 is 0 Å². The Morgan fingerprint density at radius 1 is 1.12 bits per heavy atom. The summed E-state index contributed by atoms with van der Waals surface area (Å²) >= 11 is 0.